The van der Waals surface area contributed by atoms with Gasteiger partial charge >= 0.3 is 0 Å². The molecular formula is C11H17IN4. The maximum Gasteiger partial charge on any atom is 0.143 e. The fourth-order valence-corrected chi connectivity index (χ4v) is 2.53. The number of rotatable bonds is 3. The van der Waals surface area contributed by atoms with E-state index in [1.165, 1.54) is 19.4 Å². The van der Waals surface area contributed by atoms with Crippen molar-refractivity contribution in [2.75, 3.05) is 25.0 Å². The van der Waals surface area contributed by atoms with E-state index in [1.54, 1.807) is 6.33 Å². The van der Waals surface area contributed by atoms with Gasteiger partial charge in [0.2, 0.25) is 0 Å². The van der Waals surface area contributed by atoms with Gasteiger partial charge in [-0.1, -0.05) is 6.92 Å². The van der Waals surface area contributed by atoms with Gasteiger partial charge in [-0.2, -0.15) is 0 Å². The van der Waals surface area contributed by atoms with Crippen molar-refractivity contribution in [3.05, 3.63) is 16.1 Å². The summed E-state index contributed by atoms with van der Waals surface area (Å²) in [5, 5.41) is 3.51. The number of aromatic nitrogens is 2. The van der Waals surface area contributed by atoms with Gasteiger partial charge in [0.15, 0.2) is 0 Å². The number of anilines is 1. The van der Waals surface area contributed by atoms with Gasteiger partial charge in [-0.05, 0) is 48.5 Å². The van der Waals surface area contributed by atoms with Gasteiger partial charge in [0, 0.05) is 18.8 Å². The van der Waals surface area contributed by atoms with Gasteiger partial charge in [0.05, 0.1) is 3.57 Å². The number of hydrogen-bond donors (Lipinski definition) is 1. The van der Waals surface area contributed by atoms with Crippen LogP contribution in [0.3, 0.4) is 0 Å². The highest BCUT2D eigenvalue weighted by Gasteiger charge is 2.19. The van der Waals surface area contributed by atoms with Crippen LogP contribution in [0.4, 0.5) is 5.82 Å². The Balaban J connectivity index is 1.97. The van der Waals surface area contributed by atoms with Crippen molar-refractivity contribution in [3.63, 3.8) is 0 Å². The molecule has 1 aliphatic heterocycles. The molecule has 0 amide bonds. The number of piperidine rings is 1. The van der Waals surface area contributed by atoms with Crippen LogP contribution in [0.5, 0.6) is 0 Å². The molecule has 1 aromatic heterocycles. The summed E-state index contributed by atoms with van der Waals surface area (Å²) >= 11 is 2.27. The van der Waals surface area contributed by atoms with Crippen LogP contribution in [-0.4, -0.2) is 40.5 Å². The third-order valence-corrected chi connectivity index (χ3v) is 3.75. The Morgan fingerprint density at radius 3 is 3.25 bits per heavy atom. The van der Waals surface area contributed by atoms with E-state index >= 15 is 0 Å². The predicted molar refractivity (Wildman–Crippen MR) is 73.5 cm³/mol. The molecule has 0 bridgehead atoms. The third-order valence-electron chi connectivity index (χ3n) is 2.96. The van der Waals surface area contributed by atoms with Gasteiger partial charge in [0.25, 0.3) is 0 Å². The molecule has 0 spiro atoms. The smallest absolute Gasteiger partial charge is 0.143 e. The molecule has 1 atom stereocenters. The Labute approximate surface area is 110 Å². The van der Waals surface area contributed by atoms with Crippen molar-refractivity contribution >= 4 is 28.4 Å². The molecule has 4 nitrogen and oxygen atoms in total. The van der Waals surface area contributed by atoms with Crippen LogP contribution in [0.2, 0.25) is 0 Å². The number of hydrogen-bond acceptors (Lipinski definition) is 4. The Bertz CT molecular complexity index is 345. The standard InChI is InChI=1S/C11H17IN4/c1-2-16-5-3-4-9(7-16)15-11-10(12)6-13-8-14-11/h6,8-9H,2-5,7H2,1H3,(H,13,14,15). The minimum Gasteiger partial charge on any atom is -0.365 e. The summed E-state index contributed by atoms with van der Waals surface area (Å²) in [6.45, 7) is 5.71. The van der Waals surface area contributed by atoms with Crippen LogP contribution in [0.25, 0.3) is 0 Å². The first-order valence-corrected chi connectivity index (χ1v) is 6.82. The normalized spacial score (nSPS) is 22.0. The molecule has 1 aliphatic rings. The number of nitrogens with zero attached hydrogens (tertiary/aromatic N) is 3. The van der Waals surface area contributed by atoms with E-state index in [9.17, 15) is 0 Å². The SMILES string of the molecule is CCN1CCCC(Nc2ncncc2I)C1. The van der Waals surface area contributed by atoms with Crippen LogP contribution in [0.1, 0.15) is 19.8 Å². The van der Waals surface area contributed by atoms with E-state index in [0.717, 1.165) is 22.5 Å². The summed E-state index contributed by atoms with van der Waals surface area (Å²) in [4.78, 5) is 10.8. The van der Waals surface area contributed by atoms with Gasteiger partial charge in [-0.3, -0.25) is 0 Å². The average molecular weight is 332 g/mol. The number of halogens is 1. The summed E-state index contributed by atoms with van der Waals surface area (Å²) < 4.78 is 1.09. The van der Waals surface area contributed by atoms with Crippen molar-refractivity contribution in [2.24, 2.45) is 0 Å². The van der Waals surface area contributed by atoms with Crippen LogP contribution >= 0.6 is 22.6 Å². The zero-order valence-electron chi connectivity index (χ0n) is 9.49. The van der Waals surface area contributed by atoms with E-state index in [0.29, 0.717) is 6.04 Å². The molecule has 2 rings (SSSR count). The van der Waals surface area contributed by atoms with Crippen LogP contribution in [-0.2, 0) is 0 Å². The number of likely N-dealkylation sites (tertiary alicyclic amines) is 1. The fraction of sp³-hybridized carbons (Fsp3) is 0.636. The molecule has 5 heteroatoms. The molecule has 16 heavy (non-hydrogen) atoms. The lowest BCUT2D eigenvalue weighted by Crippen LogP contribution is -2.42. The maximum atomic E-state index is 4.27. The van der Waals surface area contributed by atoms with E-state index in [1.807, 2.05) is 6.20 Å². The van der Waals surface area contributed by atoms with Crippen molar-refractivity contribution in [2.45, 2.75) is 25.8 Å². The highest BCUT2D eigenvalue weighted by molar-refractivity contribution is 14.1. The van der Waals surface area contributed by atoms with Gasteiger partial charge in [-0.15, -0.1) is 0 Å². The van der Waals surface area contributed by atoms with Crippen LogP contribution in [0, 0.1) is 3.57 Å². The lowest BCUT2D eigenvalue weighted by atomic mass is 10.1. The predicted octanol–water partition coefficient (Wildman–Crippen LogP) is 1.98. The first kappa shape index (κ1) is 12.0. The van der Waals surface area contributed by atoms with Gasteiger partial charge in [0.1, 0.15) is 12.1 Å². The molecule has 1 saturated heterocycles. The molecule has 0 aromatic carbocycles. The molecule has 0 aliphatic carbocycles. The monoisotopic (exact) mass is 332 g/mol. The average Bonchev–Trinajstić information content (AvgIpc) is 2.32. The lowest BCUT2D eigenvalue weighted by molar-refractivity contribution is 0.226. The summed E-state index contributed by atoms with van der Waals surface area (Å²) in [5.41, 5.74) is 0. The zero-order chi connectivity index (χ0) is 11.4. The molecule has 1 unspecified atom stereocenters. The number of nitrogens with one attached hydrogen (secondary N) is 1. The molecule has 1 fully saturated rings. The molecule has 0 saturated carbocycles. The Hall–Kier alpha value is -0.430. The van der Waals surface area contributed by atoms with Crippen molar-refractivity contribution in [1.29, 1.82) is 0 Å². The Morgan fingerprint density at radius 1 is 1.62 bits per heavy atom. The molecule has 88 valence electrons. The molecular weight excluding hydrogens is 315 g/mol. The largest absolute Gasteiger partial charge is 0.365 e. The minimum absolute atomic E-state index is 0.525. The fourth-order valence-electron chi connectivity index (χ4n) is 2.07. The highest BCUT2D eigenvalue weighted by atomic mass is 127. The molecule has 2 heterocycles. The third kappa shape index (κ3) is 3.04. The summed E-state index contributed by atoms with van der Waals surface area (Å²) in [5.74, 6) is 0.971. The van der Waals surface area contributed by atoms with Gasteiger partial charge in [-0.25, -0.2) is 9.97 Å². The highest BCUT2D eigenvalue weighted by Crippen LogP contribution is 2.18. The van der Waals surface area contributed by atoms with Crippen LogP contribution in [0.15, 0.2) is 12.5 Å². The summed E-state index contributed by atoms with van der Waals surface area (Å²) in [6, 6.07) is 0.525. The minimum atomic E-state index is 0.525. The van der Waals surface area contributed by atoms with E-state index in [2.05, 4.69) is 49.7 Å². The Morgan fingerprint density at radius 2 is 2.50 bits per heavy atom. The maximum absolute atomic E-state index is 4.27. The second kappa shape index (κ2) is 5.77. The quantitative estimate of drug-likeness (QED) is 0.860. The first-order valence-electron chi connectivity index (χ1n) is 5.74. The first-order chi connectivity index (χ1) is 7.79. The van der Waals surface area contributed by atoms with Crippen LogP contribution < -0.4 is 5.32 Å². The second-order valence-corrected chi connectivity index (χ2v) is 5.26. The topological polar surface area (TPSA) is 41.0 Å². The van der Waals surface area contributed by atoms with Crippen molar-refractivity contribution in [1.82, 2.24) is 14.9 Å². The molecule has 1 N–H and O–H groups in total. The van der Waals surface area contributed by atoms with Gasteiger partial charge < -0.3 is 10.2 Å². The second-order valence-electron chi connectivity index (χ2n) is 4.10. The van der Waals surface area contributed by atoms with E-state index in [-0.39, 0.29) is 0 Å². The zero-order valence-corrected chi connectivity index (χ0v) is 11.6. The summed E-state index contributed by atoms with van der Waals surface area (Å²) in [7, 11) is 0. The summed E-state index contributed by atoms with van der Waals surface area (Å²) in [6.07, 6.45) is 5.95. The molecule has 1 aromatic rings. The lowest BCUT2D eigenvalue weighted by Gasteiger charge is -2.32. The van der Waals surface area contributed by atoms with Crippen molar-refractivity contribution in [3.8, 4) is 0 Å². The molecule has 0 radical (unpaired) electrons. The van der Waals surface area contributed by atoms with E-state index < -0.39 is 0 Å². The number of likely N-dealkylation sites (N-methyl/N-ethyl adjacent to an activating group) is 1. The van der Waals surface area contributed by atoms with E-state index in [4.69, 9.17) is 0 Å². The van der Waals surface area contributed by atoms with Crippen molar-refractivity contribution < 1.29 is 0 Å². The Kier molecular flexibility index (Phi) is 4.34.